The molecule has 1 aromatic heterocycles. The molecule has 0 saturated heterocycles. The van der Waals surface area contributed by atoms with Gasteiger partial charge in [0.05, 0.1) is 13.3 Å². The molecular formula is C12H12N4O. The molecular weight excluding hydrogens is 216 g/mol. The number of nitrogens with zero attached hydrogens (tertiary/aromatic N) is 3. The number of hydrogen-bond acceptors (Lipinski definition) is 5. The fourth-order valence-corrected chi connectivity index (χ4v) is 1.20. The van der Waals surface area contributed by atoms with Gasteiger partial charge in [0.2, 0.25) is 5.88 Å². The molecule has 2 rings (SSSR count). The lowest BCUT2D eigenvalue weighted by atomic mass is 10.2. The predicted molar refractivity (Wildman–Crippen MR) is 66.2 cm³/mol. The molecule has 5 nitrogen and oxygen atoms in total. The Morgan fingerprint density at radius 3 is 2.59 bits per heavy atom. The summed E-state index contributed by atoms with van der Waals surface area (Å²) in [7, 11) is 1.55. The molecule has 0 atom stereocenters. The number of benzene rings is 1. The van der Waals surface area contributed by atoms with Gasteiger partial charge in [0.1, 0.15) is 0 Å². The van der Waals surface area contributed by atoms with Crippen molar-refractivity contribution in [3.05, 3.63) is 48.0 Å². The second-order valence-corrected chi connectivity index (χ2v) is 3.24. The molecule has 0 unspecified atom stereocenters. The van der Waals surface area contributed by atoms with Gasteiger partial charge in [-0.2, -0.15) is 5.10 Å². The molecule has 0 spiro atoms. The summed E-state index contributed by atoms with van der Waals surface area (Å²) in [6.07, 6.45) is 1.71. The Balaban J connectivity index is 1.95. The van der Waals surface area contributed by atoms with Crippen molar-refractivity contribution in [1.82, 2.24) is 10.2 Å². The van der Waals surface area contributed by atoms with E-state index in [2.05, 4.69) is 20.7 Å². The van der Waals surface area contributed by atoms with Gasteiger partial charge in [-0.3, -0.25) is 5.43 Å². The highest BCUT2D eigenvalue weighted by atomic mass is 16.5. The van der Waals surface area contributed by atoms with Gasteiger partial charge in [0.25, 0.3) is 0 Å². The summed E-state index contributed by atoms with van der Waals surface area (Å²) in [5.41, 5.74) is 3.80. The minimum Gasteiger partial charge on any atom is -0.480 e. The number of hydrogen-bond donors (Lipinski definition) is 1. The van der Waals surface area contributed by atoms with Crippen LogP contribution < -0.4 is 10.2 Å². The van der Waals surface area contributed by atoms with E-state index in [-0.39, 0.29) is 0 Å². The quantitative estimate of drug-likeness (QED) is 0.641. The molecule has 86 valence electrons. The summed E-state index contributed by atoms with van der Waals surface area (Å²) in [5.74, 6) is 1.04. The first-order valence-corrected chi connectivity index (χ1v) is 5.10. The summed E-state index contributed by atoms with van der Waals surface area (Å²) < 4.78 is 4.90. The van der Waals surface area contributed by atoms with Crippen molar-refractivity contribution < 1.29 is 4.74 Å². The lowest BCUT2D eigenvalue weighted by Gasteiger charge is -1.99. The van der Waals surface area contributed by atoms with Crippen LogP contribution in [0.15, 0.2) is 47.6 Å². The molecule has 2 aromatic rings. The predicted octanol–water partition coefficient (Wildman–Crippen LogP) is 1.93. The second-order valence-electron chi connectivity index (χ2n) is 3.24. The highest BCUT2D eigenvalue weighted by molar-refractivity contribution is 5.79. The van der Waals surface area contributed by atoms with Gasteiger partial charge in [-0.05, 0) is 11.6 Å². The maximum Gasteiger partial charge on any atom is 0.233 e. The molecule has 0 aliphatic rings. The normalized spacial score (nSPS) is 10.4. The van der Waals surface area contributed by atoms with Crippen LogP contribution in [0.4, 0.5) is 5.82 Å². The molecule has 17 heavy (non-hydrogen) atoms. The number of ether oxygens (including phenoxy) is 1. The van der Waals surface area contributed by atoms with Crippen LogP contribution in [0.5, 0.6) is 5.88 Å². The Morgan fingerprint density at radius 1 is 1.12 bits per heavy atom. The van der Waals surface area contributed by atoms with Crippen molar-refractivity contribution in [2.24, 2.45) is 5.10 Å². The topological polar surface area (TPSA) is 59.4 Å². The fourth-order valence-electron chi connectivity index (χ4n) is 1.20. The van der Waals surface area contributed by atoms with Crippen LogP contribution in [0.2, 0.25) is 0 Å². The summed E-state index contributed by atoms with van der Waals surface area (Å²) in [6.45, 7) is 0. The highest BCUT2D eigenvalue weighted by Gasteiger charge is 1.94. The standard InChI is InChI=1S/C12H12N4O/c1-17-12-8-7-11(15-16-12)14-13-9-10-5-3-2-4-6-10/h2-9H,1H3,(H,14,15)/b13-9-. The van der Waals surface area contributed by atoms with E-state index >= 15 is 0 Å². The Morgan fingerprint density at radius 2 is 1.94 bits per heavy atom. The van der Waals surface area contributed by atoms with E-state index in [1.54, 1.807) is 25.5 Å². The maximum absolute atomic E-state index is 4.90. The minimum absolute atomic E-state index is 0.475. The molecule has 0 radical (unpaired) electrons. The highest BCUT2D eigenvalue weighted by Crippen LogP contribution is 2.06. The van der Waals surface area contributed by atoms with Crippen LogP contribution in [0.1, 0.15) is 5.56 Å². The monoisotopic (exact) mass is 228 g/mol. The van der Waals surface area contributed by atoms with Crippen LogP contribution in [-0.2, 0) is 0 Å². The molecule has 1 heterocycles. The number of methoxy groups -OCH3 is 1. The first kappa shape index (κ1) is 11.1. The molecule has 0 saturated carbocycles. The van der Waals surface area contributed by atoms with Crippen molar-refractivity contribution in [3.8, 4) is 5.88 Å². The zero-order chi connectivity index (χ0) is 11.9. The Kier molecular flexibility index (Phi) is 3.64. The largest absolute Gasteiger partial charge is 0.480 e. The van der Waals surface area contributed by atoms with Crippen LogP contribution in [0.25, 0.3) is 0 Å². The van der Waals surface area contributed by atoms with Crippen LogP contribution in [0, 0.1) is 0 Å². The van der Waals surface area contributed by atoms with Gasteiger partial charge in [0.15, 0.2) is 5.82 Å². The lowest BCUT2D eigenvalue weighted by molar-refractivity contribution is 0.392. The molecule has 0 bridgehead atoms. The smallest absolute Gasteiger partial charge is 0.233 e. The molecule has 0 fully saturated rings. The van der Waals surface area contributed by atoms with Gasteiger partial charge >= 0.3 is 0 Å². The summed E-state index contributed by atoms with van der Waals surface area (Å²) in [4.78, 5) is 0. The van der Waals surface area contributed by atoms with E-state index in [0.29, 0.717) is 11.7 Å². The van der Waals surface area contributed by atoms with Gasteiger partial charge in [0, 0.05) is 6.07 Å². The molecule has 1 aromatic carbocycles. The van der Waals surface area contributed by atoms with Crippen LogP contribution in [-0.4, -0.2) is 23.5 Å². The molecule has 5 heteroatoms. The molecule has 1 N–H and O–H groups in total. The van der Waals surface area contributed by atoms with Crippen LogP contribution in [0.3, 0.4) is 0 Å². The Hall–Kier alpha value is -2.43. The zero-order valence-electron chi connectivity index (χ0n) is 9.37. The Bertz CT molecular complexity index is 482. The number of aromatic nitrogens is 2. The van der Waals surface area contributed by atoms with Gasteiger partial charge in [-0.15, -0.1) is 10.2 Å². The van der Waals surface area contributed by atoms with E-state index in [1.165, 1.54) is 0 Å². The van der Waals surface area contributed by atoms with Gasteiger partial charge < -0.3 is 4.74 Å². The fraction of sp³-hybridized carbons (Fsp3) is 0.0833. The number of hydrazone groups is 1. The lowest BCUT2D eigenvalue weighted by Crippen LogP contribution is -1.96. The van der Waals surface area contributed by atoms with Crippen molar-refractivity contribution in [1.29, 1.82) is 0 Å². The maximum atomic E-state index is 4.90. The summed E-state index contributed by atoms with van der Waals surface area (Å²) in [6, 6.07) is 13.3. The summed E-state index contributed by atoms with van der Waals surface area (Å²) >= 11 is 0. The van der Waals surface area contributed by atoms with E-state index in [4.69, 9.17) is 4.74 Å². The Labute approximate surface area is 99.2 Å². The van der Waals surface area contributed by atoms with E-state index in [1.807, 2.05) is 30.3 Å². The number of rotatable bonds is 4. The average molecular weight is 228 g/mol. The third-order valence-corrected chi connectivity index (χ3v) is 2.04. The van der Waals surface area contributed by atoms with Crippen molar-refractivity contribution in [3.63, 3.8) is 0 Å². The average Bonchev–Trinajstić information content (AvgIpc) is 2.41. The van der Waals surface area contributed by atoms with Crippen LogP contribution >= 0.6 is 0 Å². The van der Waals surface area contributed by atoms with Gasteiger partial charge in [-0.25, -0.2) is 0 Å². The minimum atomic E-state index is 0.475. The van der Waals surface area contributed by atoms with E-state index < -0.39 is 0 Å². The van der Waals surface area contributed by atoms with E-state index in [9.17, 15) is 0 Å². The molecule has 0 aliphatic heterocycles. The van der Waals surface area contributed by atoms with Crippen molar-refractivity contribution in [2.45, 2.75) is 0 Å². The third kappa shape index (κ3) is 3.27. The van der Waals surface area contributed by atoms with Gasteiger partial charge in [-0.1, -0.05) is 30.3 Å². The zero-order valence-corrected chi connectivity index (χ0v) is 9.37. The summed E-state index contributed by atoms with van der Waals surface area (Å²) in [5, 5.41) is 11.7. The van der Waals surface area contributed by atoms with Crippen molar-refractivity contribution >= 4 is 12.0 Å². The SMILES string of the molecule is COc1ccc(N/N=C\c2ccccc2)nn1. The first-order valence-electron chi connectivity index (χ1n) is 5.10. The number of nitrogens with one attached hydrogen (secondary N) is 1. The number of anilines is 1. The third-order valence-electron chi connectivity index (χ3n) is 2.04. The second kappa shape index (κ2) is 5.60. The first-order chi connectivity index (χ1) is 8.38. The molecule has 0 amide bonds. The van der Waals surface area contributed by atoms with Crippen molar-refractivity contribution in [2.75, 3.05) is 12.5 Å². The molecule has 0 aliphatic carbocycles. The van der Waals surface area contributed by atoms with E-state index in [0.717, 1.165) is 5.56 Å².